The van der Waals surface area contributed by atoms with Crippen LogP contribution in [0.1, 0.15) is 38.2 Å². The third-order valence-electron chi connectivity index (χ3n) is 5.49. The van der Waals surface area contributed by atoms with Gasteiger partial charge >= 0.3 is 0 Å². The lowest BCUT2D eigenvalue weighted by atomic mass is 9.99. The Morgan fingerprint density at radius 1 is 1.08 bits per heavy atom. The van der Waals surface area contributed by atoms with Crippen molar-refractivity contribution in [2.45, 2.75) is 45.3 Å². The zero-order valence-electron chi connectivity index (χ0n) is 15.3. The number of piperidine rings is 2. The summed E-state index contributed by atoms with van der Waals surface area (Å²) in [5.41, 5.74) is 2.07. The number of para-hydroxylation sites is 1. The fourth-order valence-electron chi connectivity index (χ4n) is 3.71. The largest absolute Gasteiger partial charge is 0.393 e. The summed E-state index contributed by atoms with van der Waals surface area (Å²) in [6, 6.07) is 8.07. The molecule has 2 aliphatic heterocycles. The zero-order chi connectivity index (χ0) is 17.6. The molecule has 25 heavy (non-hydrogen) atoms. The topological polar surface area (TPSA) is 55.8 Å². The van der Waals surface area contributed by atoms with E-state index in [0.29, 0.717) is 6.54 Å². The third kappa shape index (κ3) is 5.53. The maximum Gasteiger partial charge on any atom is 0.238 e. The number of carbonyl (C=O) groups is 1. The summed E-state index contributed by atoms with van der Waals surface area (Å²) in [5, 5.41) is 12.8. The quantitative estimate of drug-likeness (QED) is 0.860. The Morgan fingerprint density at radius 2 is 1.72 bits per heavy atom. The van der Waals surface area contributed by atoms with Crippen LogP contribution in [0.25, 0.3) is 0 Å². The van der Waals surface area contributed by atoms with Crippen molar-refractivity contribution in [1.29, 1.82) is 0 Å². The van der Waals surface area contributed by atoms with Crippen LogP contribution in [0.4, 0.5) is 5.69 Å². The molecule has 2 heterocycles. The third-order valence-corrected chi connectivity index (χ3v) is 5.49. The summed E-state index contributed by atoms with van der Waals surface area (Å²) in [5.74, 6) is 0.860. The second-order valence-corrected chi connectivity index (χ2v) is 7.67. The van der Waals surface area contributed by atoms with Gasteiger partial charge in [0.05, 0.1) is 12.6 Å². The first-order chi connectivity index (χ1) is 12.1. The van der Waals surface area contributed by atoms with Crippen molar-refractivity contribution in [3.63, 3.8) is 0 Å². The Bertz CT molecular complexity index is 562. The van der Waals surface area contributed by atoms with E-state index >= 15 is 0 Å². The average Bonchev–Trinajstić information content (AvgIpc) is 2.61. The number of amides is 1. The molecule has 2 N–H and O–H groups in total. The molecular weight excluding hydrogens is 314 g/mol. The Kier molecular flexibility index (Phi) is 6.45. The van der Waals surface area contributed by atoms with Crippen LogP contribution in [0.5, 0.6) is 0 Å². The van der Waals surface area contributed by atoms with Crippen molar-refractivity contribution in [2.75, 3.05) is 38.0 Å². The average molecular weight is 345 g/mol. The number of nitrogens with one attached hydrogen (secondary N) is 1. The van der Waals surface area contributed by atoms with Crippen molar-refractivity contribution in [1.82, 2.24) is 9.80 Å². The normalized spacial score (nSPS) is 21.4. The number of aliphatic hydroxyl groups excluding tert-OH is 1. The van der Waals surface area contributed by atoms with Gasteiger partial charge in [0.15, 0.2) is 0 Å². The van der Waals surface area contributed by atoms with Crippen molar-refractivity contribution < 1.29 is 9.90 Å². The highest BCUT2D eigenvalue weighted by Crippen LogP contribution is 2.21. The number of carbonyl (C=O) groups excluding carboxylic acids is 1. The molecule has 1 aromatic rings. The minimum absolute atomic E-state index is 0.0797. The van der Waals surface area contributed by atoms with Gasteiger partial charge in [-0.3, -0.25) is 14.6 Å². The van der Waals surface area contributed by atoms with Gasteiger partial charge in [0, 0.05) is 25.3 Å². The first-order valence-electron chi connectivity index (χ1n) is 9.60. The van der Waals surface area contributed by atoms with Crippen molar-refractivity contribution >= 4 is 11.6 Å². The van der Waals surface area contributed by atoms with Crippen LogP contribution in [0.2, 0.25) is 0 Å². The van der Waals surface area contributed by atoms with Gasteiger partial charge in [0.1, 0.15) is 0 Å². The highest BCUT2D eigenvalue weighted by molar-refractivity contribution is 5.93. The van der Waals surface area contributed by atoms with Gasteiger partial charge in [-0.25, -0.2) is 0 Å². The lowest BCUT2D eigenvalue weighted by Gasteiger charge is -2.30. The molecule has 0 aromatic heterocycles. The van der Waals surface area contributed by atoms with Gasteiger partial charge < -0.3 is 10.4 Å². The number of hydrogen-bond donors (Lipinski definition) is 2. The lowest BCUT2D eigenvalue weighted by Crippen LogP contribution is -2.39. The smallest absolute Gasteiger partial charge is 0.238 e. The fourth-order valence-corrected chi connectivity index (χ4v) is 3.71. The Labute approximate surface area is 151 Å². The van der Waals surface area contributed by atoms with E-state index < -0.39 is 0 Å². The van der Waals surface area contributed by atoms with Crippen LogP contribution in [0, 0.1) is 5.92 Å². The van der Waals surface area contributed by atoms with Crippen LogP contribution >= 0.6 is 0 Å². The fraction of sp³-hybridized carbons (Fsp3) is 0.650. The molecule has 1 amide bonds. The summed E-state index contributed by atoms with van der Waals surface area (Å²) in [4.78, 5) is 17.1. The second-order valence-electron chi connectivity index (χ2n) is 7.67. The Balaban J connectivity index is 1.54. The minimum Gasteiger partial charge on any atom is -0.393 e. The Morgan fingerprint density at radius 3 is 2.44 bits per heavy atom. The predicted octanol–water partition coefficient (Wildman–Crippen LogP) is 2.31. The highest BCUT2D eigenvalue weighted by atomic mass is 16.3. The van der Waals surface area contributed by atoms with Crippen LogP contribution in [-0.4, -0.2) is 59.6 Å². The minimum atomic E-state index is -0.154. The number of aliphatic hydroxyl groups is 1. The van der Waals surface area contributed by atoms with Crippen molar-refractivity contribution in [2.24, 2.45) is 5.92 Å². The second kappa shape index (κ2) is 8.79. The van der Waals surface area contributed by atoms with Gasteiger partial charge in [-0.15, -0.1) is 0 Å². The summed E-state index contributed by atoms with van der Waals surface area (Å²) in [7, 11) is 0. The molecule has 0 aliphatic carbocycles. The molecule has 5 nitrogen and oxygen atoms in total. The van der Waals surface area contributed by atoms with E-state index in [1.165, 1.54) is 12.8 Å². The van der Waals surface area contributed by atoms with E-state index in [1.54, 1.807) is 0 Å². The molecule has 0 unspecified atom stereocenters. The van der Waals surface area contributed by atoms with Crippen LogP contribution in [-0.2, 0) is 11.3 Å². The summed E-state index contributed by atoms with van der Waals surface area (Å²) < 4.78 is 0. The highest BCUT2D eigenvalue weighted by Gasteiger charge is 2.20. The van der Waals surface area contributed by atoms with E-state index in [1.807, 2.05) is 18.2 Å². The first kappa shape index (κ1) is 18.4. The molecule has 2 fully saturated rings. The van der Waals surface area contributed by atoms with E-state index in [2.05, 4.69) is 28.1 Å². The maximum absolute atomic E-state index is 12.5. The van der Waals surface area contributed by atoms with E-state index in [9.17, 15) is 9.90 Å². The molecular formula is C20H31N3O2. The zero-order valence-corrected chi connectivity index (χ0v) is 15.3. The van der Waals surface area contributed by atoms with Gasteiger partial charge in [0.25, 0.3) is 0 Å². The van der Waals surface area contributed by atoms with Crippen LogP contribution in [0.3, 0.4) is 0 Å². The number of nitrogens with zero attached hydrogens (tertiary/aromatic N) is 2. The lowest BCUT2D eigenvalue weighted by molar-refractivity contribution is -0.117. The van der Waals surface area contributed by atoms with Gasteiger partial charge in [0.2, 0.25) is 5.91 Å². The van der Waals surface area contributed by atoms with Crippen LogP contribution < -0.4 is 5.32 Å². The summed E-state index contributed by atoms with van der Waals surface area (Å²) in [6.45, 7) is 7.46. The van der Waals surface area contributed by atoms with Gasteiger partial charge in [-0.1, -0.05) is 25.1 Å². The SMILES string of the molecule is CC1CCN(CC(=O)Nc2ccccc2CN2CCC(O)CC2)CC1. The molecule has 0 spiro atoms. The predicted molar refractivity (Wildman–Crippen MR) is 100 cm³/mol. The number of benzene rings is 1. The standard InChI is InChI=1S/C20H31N3O2/c1-16-6-10-23(11-7-16)15-20(25)21-19-5-3-2-4-17(19)14-22-12-8-18(24)9-13-22/h2-5,16,18,24H,6-15H2,1H3,(H,21,25). The van der Waals surface area contributed by atoms with Crippen molar-refractivity contribution in [3.05, 3.63) is 29.8 Å². The number of rotatable bonds is 5. The summed E-state index contributed by atoms with van der Waals surface area (Å²) in [6.07, 6.45) is 3.89. The van der Waals surface area contributed by atoms with Gasteiger partial charge in [-0.05, 0) is 56.3 Å². The molecule has 2 saturated heterocycles. The molecule has 3 rings (SSSR count). The molecule has 0 radical (unpaired) electrons. The molecule has 0 bridgehead atoms. The first-order valence-corrected chi connectivity index (χ1v) is 9.60. The van der Waals surface area contributed by atoms with E-state index in [4.69, 9.17) is 0 Å². The van der Waals surface area contributed by atoms with Crippen molar-refractivity contribution in [3.8, 4) is 0 Å². The van der Waals surface area contributed by atoms with Gasteiger partial charge in [-0.2, -0.15) is 0 Å². The molecule has 0 atom stereocenters. The molecule has 138 valence electrons. The van der Waals surface area contributed by atoms with Crippen LogP contribution in [0.15, 0.2) is 24.3 Å². The maximum atomic E-state index is 12.5. The number of hydrogen-bond acceptors (Lipinski definition) is 4. The molecule has 0 saturated carbocycles. The molecule has 1 aromatic carbocycles. The number of likely N-dealkylation sites (tertiary alicyclic amines) is 2. The monoisotopic (exact) mass is 345 g/mol. The van der Waals surface area contributed by atoms with E-state index in [0.717, 1.165) is 62.7 Å². The summed E-state index contributed by atoms with van der Waals surface area (Å²) >= 11 is 0. The molecule has 2 aliphatic rings. The number of anilines is 1. The molecule has 5 heteroatoms. The van der Waals surface area contributed by atoms with E-state index in [-0.39, 0.29) is 12.0 Å². The Hall–Kier alpha value is -1.43.